The van der Waals surface area contributed by atoms with E-state index in [0.717, 1.165) is 13.0 Å². The summed E-state index contributed by atoms with van der Waals surface area (Å²) in [5, 5.41) is 3.36. The summed E-state index contributed by atoms with van der Waals surface area (Å²) in [6.07, 6.45) is 8.11. The molecule has 0 aromatic carbocycles. The maximum absolute atomic E-state index is 12.0. The average molecular weight is 272 g/mol. The van der Waals surface area contributed by atoms with Gasteiger partial charge in [-0.1, -0.05) is 0 Å². The van der Waals surface area contributed by atoms with Gasteiger partial charge >= 0.3 is 0 Å². The highest BCUT2D eigenvalue weighted by molar-refractivity contribution is 7.89. The van der Waals surface area contributed by atoms with Crippen LogP contribution in [0.4, 0.5) is 0 Å². The van der Waals surface area contributed by atoms with Gasteiger partial charge in [0.25, 0.3) is 0 Å². The van der Waals surface area contributed by atoms with Gasteiger partial charge in [0.2, 0.25) is 10.0 Å². The lowest BCUT2D eigenvalue weighted by molar-refractivity contribution is 0.470. The van der Waals surface area contributed by atoms with Crippen molar-refractivity contribution in [1.29, 1.82) is 0 Å². The first-order valence-corrected chi connectivity index (χ1v) is 9.03. The van der Waals surface area contributed by atoms with Crippen molar-refractivity contribution in [1.82, 2.24) is 10.0 Å². The molecule has 0 amide bonds. The van der Waals surface area contributed by atoms with Crippen molar-refractivity contribution in [2.45, 2.75) is 57.0 Å². The van der Waals surface area contributed by atoms with Gasteiger partial charge in [0.1, 0.15) is 0 Å². The highest BCUT2D eigenvalue weighted by Gasteiger charge is 2.43. The summed E-state index contributed by atoms with van der Waals surface area (Å²) in [5.41, 5.74) is 0. The van der Waals surface area contributed by atoms with E-state index in [1.165, 1.54) is 38.5 Å². The van der Waals surface area contributed by atoms with Crippen LogP contribution in [-0.2, 0) is 10.0 Å². The molecule has 3 saturated carbocycles. The Hall–Kier alpha value is -0.130. The van der Waals surface area contributed by atoms with E-state index < -0.39 is 10.0 Å². The van der Waals surface area contributed by atoms with Crippen LogP contribution in [0.15, 0.2) is 0 Å². The molecule has 0 aromatic rings. The first-order valence-electron chi connectivity index (χ1n) is 7.37. The second kappa shape index (κ2) is 5.10. The number of sulfonamides is 1. The van der Waals surface area contributed by atoms with Crippen LogP contribution in [0, 0.1) is 11.8 Å². The maximum Gasteiger partial charge on any atom is 0.211 e. The van der Waals surface area contributed by atoms with E-state index in [0.29, 0.717) is 17.9 Å². The summed E-state index contributed by atoms with van der Waals surface area (Å²) in [6, 6.07) is 0.928. The summed E-state index contributed by atoms with van der Waals surface area (Å²) in [6.45, 7) is 0.836. The molecule has 3 fully saturated rings. The van der Waals surface area contributed by atoms with Crippen LogP contribution < -0.4 is 10.0 Å². The third kappa shape index (κ3) is 3.93. The lowest BCUT2D eigenvalue weighted by Gasteiger charge is -2.17. The zero-order chi connectivity index (χ0) is 12.6. The third-order valence-corrected chi connectivity index (χ3v) is 5.63. The maximum atomic E-state index is 12.0. The Labute approximate surface area is 110 Å². The molecule has 18 heavy (non-hydrogen) atoms. The quantitative estimate of drug-likeness (QED) is 0.621. The SMILES string of the molecule is O=S(=O)(CCCNC1CC1)NC(C1CC1)C1CC1. The molecule has 3 aliphatic carbocycles. The number of hydrogen-bond donors (Lipinski definition) is 2. The van der Waals surface area contributed by atoms with Gasteiger partial charge in [0.15, 0.2) is 0 Å². The second-order valence-corrected chi connectivity index (χ2v) is 8.09. The number of rotatable bonds is 9. The van der Waals surface area contributed by atoms with E-state index in [-0.39, 0.29) is 11.8 Å². The van der Waals surface area contributed by atoms with Crippen LogP contribution in [0.2, 0.25) is 0 Å². The fraction of sp³-hybridized carbons (Fsp3) is 1.00. The molecule has 0 radical (unpaired) electrons. The Balaban J connectivity index is 1.40. The minimum atomic E-state index is -3.06. The molecule has 0 aliphatic heterocycles. The van der Waals surface area contributed by atoms with Gasteiger partial charge in [0, 0.05) is 12.1 Å². The third-order valence-electron chi connectivity index (χ3n) is 4.18. The molecule has 5 heteroatoms. The van der Waals surface area contributed by atoms with Crippen LogP contribution in [-0.4, -0.2) is 32.8 Å². The molecule has 2 N–H and O–H groups in total. The topological polar surface area (TPSA) is 58.2 Å². The Morgan fingerprint density at radius 1 is 1.00 bits per heavy atom. The van der Waals surface area contributed by atoms with Gasteiger partial charge < -0.3 is 5.32 Å². The average Bonchev–Trinajstić information content (AvgIpc) is 3.13. The minimum Gasteiger partial charge on any atom is -0.314 e. The molecular weight excluding hydrogens is 248 g/mol. The van der Waals surface area contributed by atoms with Crippen molar-refractivity contribution in [3.05, 3.63) is 0 Å². The van der Waals surface area contributed by atoms with Crippen molar-refractivity contribution in [2.75, 3.05) is 12.3 Å². The summed E-state index contributed by atoms with van der Waals surface area (Å²) >= 11 is 0. The molecule has 0 spiro atoms. The number of hydrogen-bond acceptors (Lipinski definition) is 3. The summed E-state index contributed by atoms with van der Waals surface area (Å²) in [4.78, 5) is 0. The minimum absolute atomic E-state index is 0.256. The standard InChI is InChI=1S/C13H24N2O2S/c16-18(17,9-1-8-14-12-6-7-12)15-13(10-2-3-10)11-4-5-11/h10-15H,1-9H2. The molecule has 3 rings (SSSR count). The molecule has 3 aliphatic rings. The number of nitrogens with one attached hydrogen (secondary N) is 2. The van der Waals surface area contributed by atoms with Crippen LogP contribution in [0.25, 0.3) is 0 Å². The van der Waals surface area contributed by atoms with E-state index in [9.17, 15) is 8.42 Å². The fourth-order valence-corrected chi connectivity index (χ4v) is 4.05. The normalized spacial score (nSPS) is 24.7. The molecule has 0 heterocycles. The van der Waals surface area contributed by atoms with Gasteiger partial charge in [-0.2, -0.15) is 0 Å². The molecule has 4 nitrogen and oxygen atoms in total. The van der Waals surface area contributed by atoms with Crippen LogP contribution >= 0.6 is 0 Å². The van der Waals surface area contributed by atoms with Crippen LogP contribution in [0.5, 0.6) is 0 Å². The van der Waals surface area contributed by atoms with Crippen molar-refractivity contribution in [3.8, 4) is 0 Å². The van der Waals surface area contributed by atoms with E-state index >= 15 is 0 Å². The van der Waals surface area contributed by atoms with E-state index in [1.54, 1.807) is 0 Å². The predicted molar refractivity (Wildman–Crippen MR) is 71.8 cm³/mol. The molecule has 0 aromatic heterocycles. The second-order valence-electron chi connectivity index (χ2n) is 6.22. The fourth-order valence-electron chi connectivity index (χ4n) is 2.61. The summed E-state index contributed by atoms with van der Waals surface area (Å²) in [5.74, 6) is 1.55. The monoisotopic (exact) mass is 272 g/mol. The molecule has 0 atom stereocenters. The highest BCUT2D eigenvalue weighted by Crippen LogP contribution is 2.44. The lowest BCUT2D eigenvalue weighted by atomic mass is 10.1. The van der Waals surface area contributed by atoms with Gasteiger partial charge in [-0.25, -0.2) is 13.1 Å². The smallest absolute Gasteiger partial charge is 0.211 e. The zero-order valence-electron chi connectivity index (χ0n) is 10.9. The largest absolute Gasteiger partial charge is 0.314 e. The van der Waals surface area contributed by atoms with E-state index in [1.807, 2.05) is 0 Å². The van der Waals surface area contributed by atoms with Crippen molar-refractivity contribution in [2.24, 2.45) is 11.8 Å². The van der Waals surface area contributed by atoms with Crippen LogP contribution in [0.3, 0.4) is 0 Å². The first-order chi connectivity index (χ1) is 8.64. The van der Waals surface area contributed by atoms with Gasteiger partial charge in [-0.15, -0.1) is 0 Å². The van der Waals surface area contributed by atoms with E-state index in [4.69, 9.17) is 0 Å². The van der Waals surface area contributed by atoms with Gasteiger partial charge in [-0.3, -0.25) is 0 Å². The van der Waals surface area contributed by atoms with Crippen molar-refractivity contribution >= 4 is 10.0 Å². The van der Waals surface area contributed by atoms with Gasteiger partial charge in [0.05, 0.1) is 5.75 Å². The molecule has 0 saturated heterocycles. The highest BCUT2D eigenvalue weighted by atomic mass is 32.2. The Morgan fingerprint density at radius 3 is 2.11 bits per heavy atom. The van der Waals surface area contributed by atoms with E-state index in [2.05, 4.69) is 10.0 Å². The Bertz CT molecular complexity index is 372. The first kappa shape index (κ1) is 12.9. The summed E-state index contributed by atoms with van der Waals surface area (Å²) in [7, 11) is -3.06. The van der Waals surface area contributed by atoms with Crippen molar-refractivity contribution in [3.63, 3.8) is 0 Å². The Morgan fingerprint density at radius 2 is 1.61 bits per heavy atom. The summed E-state index contributed by atoms with van der Waals surface area (Å²) < 4.78 is 27.0. The zero-order valence-corrected chi connectivity index (χ0v) is 11.7. The predicted octanol–water partition coefficient (Wildman–Crippen LogP) is 1.24. The van der Waals surface area contributed by atoms with Crippen LogP contribution in [0.1, 0.15) is 44.9 Å². The molecular formula is C13H24N2O2S. The lowest BCUT2D eigenvalue weighted by Crippen LogP contribution is -2.39. The molecule has 0 unspecified atom stereocenters. The van der Waals surface area contributed by atoms with Crippen molar-refractivity contribution < 1.29 is 8.42 Å². The Kier molecular flexibility index (Phi) is 3.65. The molecule has 104 valence electrons. The molecule has 0 bridgehead atoms. The van der Waals surface area contributed by atoms with Gasteiger partial charge in [-0.05, 0) is 63.3 Å².